The van der Waals surface area contributed by atoms with E-state index in [0.717, 1.165) is 12.1 Å². The molecule has 2 rings (SSSR count). The lowest BCUT2D eigenvalue weighted by Crippen LogP contribution is -2.25. The molecule has 1 aromatic heterocycles. The second kappa shape index (κ2) is 6.57. The van der Waals surface area contributed by atoms with Gasteiger partial charge in [0.1, 0.15) is 5.15 Å². The van der Waals surface area contributed by atoms with E-state index in [1.807, 2.05) is 30.3 Å². The van der Waals surface area contributed by atoms with Gasteiger partial charge in [-0.3, -0.25) is 4.79 Å². The fraction of sp³-hybridized carbons (Fsp3) is 0.333. The van der Waals surface area contributed by atoms with Crippen molar-refractivity contribution in [1.29, 1.82) is 0 Å². The summed E-state index contributed by atoms with van der Waals surface area (Å²) in [7, 11) is 0. The molecule has 0 aliphatic carbocycles. The predicted octanol–water partition coefficient (Wildman–Crippen LogP) is 3.30. The molecule has 0 radical (unpaired) electrons. The highest BCUT2D eigenvalue weighted by Gasteiger charge is 2.16. The maximum Gasteiger partial charge on any atom is 0.256 e. The van der Waals surface area contributed by atoms with Crippen molar-refractivity contribution in [2.45, 2.75) is 20.3 Å². The third-order valence-corrected chi connectivity index (χ3v) is 3.33. The van der Waals surface area contributed by atoms with E-state index < -0.39 is 0 Å². The van der Waals surface area contributed by atoms with E-state index in [1.165, 1.54) is 6.20 Å². The molecule has 0 bridgehead atoms. The second-order valence-electron chi connectivity index (χ2n) is 5.03. The molecule has 20 heavy (non-hydrogen) atoms. The van der Waals surface area contributed by atoms with Crippen LogP contribution in [-0.2, 0) is 0 Å². The van der Waals surface area contributed by atoms with Gasteiger partial charge in [0.05, 0.1) is 17.4 Å². The number of hydrogen-bond donors (Lipinski definition) is 1. The lowest BCUT2D eigenvalue weighted by molar-refractivity contribution is 0.0952. The van der Waals surface area contributed by atoms with E-state index in [-0.39, 0.29) is 5.91 Å². The van der Waals surface area contributed by atoms with Gasteiger partial charge in [-0.05, 0) is 24.5 Å². The van der Waals surface area contributed by atoms with Gasteiger partial charge < -0.3 is 5.32 Å². The van der Waals surface area contributed by atoms with Gasteiger partial charge in [0.2, 0.25) is 0 Å². The first kappa shape index (κ1) is 14.6. The van der Waals surface area contributed by atoms with Crippen molar-refractivity contribution in [3.05, 3.63) is 47.2 Å². The van der Waals surface area contributed by atoms with Crippen LogP contribution < -0.4 is 5.32 Å². The molecule has 2 aromatic rings. The number of carbonyl (C=O) groups excluding carboxylic acids is 1. The summed E-state index contributed by atoms with van der Waals surface area (Å²) in [6.07, 6.45) is 2.44. The van der Waals surface area contributed by atoms with Crippen LogP contribution in [0.4, 0.5) is 0 Å². The number of nitrogens with zero attached hydrogens (tertiary/aromatic N) is 2. The maximum atomic E-state index is 12.0. The Bertz CT molecular complexity index is 578. The Morgan fingerprint density at radius 3 is 2.70 bits per heavy atom. The van der Waals surface area contributed by atoms with Crippen LogP contribution in [0.5, 0.6) is 0 Å². The zero-order valence-electron chi connectivity index (χ0n) is 11.6. The Hall–Kier alpha value is -1.81. The Balaban J connectivity index is 2.11. The predicted molar refractivity (Wildman–Crippen MR) is 80.4 cm³/mol. The van der Waals surface area contributed by atoms with Crippen LogP contribution in [0.2, 0.25) is 5.15 Å². The largest absolute Gasteiger partial charge is 0.352 e. The molecule has 0 saturated heterocycles. The van der Waals surface area contributed by atoms with Gasteiger partial charge in [0, 0.05) is 6.54 Å². The number of halogens is 1. The van der Waals surface area contributed by atoms with Crippen molar-refractivity contribution in [3.63, 3.8) is 0 Å². The first-order chi connectivity index (χ1) is 9.59. The van der Waals surface area contributed by atoms with E-state index in [0.29, 0.717) is 23.2 Å². The van der Waals surface area contributed by atoms with E-state index >= 15 is 0 Å². The van der Waals surface area contributed by atoms with Crippen molar-refractivity contribution in [3.8, 4) is 5.69 Å². The smallest absolute Gasteiger partial charge is 0.256 e. The summed E-state index contributed by atoms with van der Waals surface area (Å²) in [6, 6.07) is 9.49. The summed E-state index contributed by atoms with van der Waals surface area (Å²) >= 11 is 6.23. The zero-order valence-corrected chi connectivity index (χ0v) is 12.4. The second-order valence-corrected chi connectivity index (χ2v) is 5.39. The van der Waals surface area contributed by atoms with E-state index in [4.69, 9.17) is 11.6 Å². The maximum absolute atomic E-state index is 12.0. The van der Waals surface area contributed by atoms with Gasteiger partial charge in [-0.2, -0.15) is 5.10 Å². The van der Waals surface area contributed by atoms with Crippen molar-refractivity contribution >= 4 is 17.5 Å². The normalized spacial score (nSPS) is 10.8. The number of amides is 1. The standard InChI is InChI=1S/C15H18ClN3O/c1-11(2)8-9-17-15(20)13-10-18-19(14(13)16)12-6-4-3-5-7-12/h3-7,10-11H,8-9H2,1-2H3,(H,17,20). The van der Waals surface area contributed by atoms with Gasteiger partial charge in [0.25, 0.3) is 5.91 Å². The van der Waals surface area contributed by atoms with Gasteiger partial charge in [-0.15, -0.1) is 0 Å². The monoisotopic (exact) mass is 291 g/mol. The number of aromatic nitrogens is 2. The first-order valence-electron chi connectivity index (χ1n) is 6.66. The molecule has 0 fully saturated rings. The molecule has 5 heteroatoms. The minimum atomic E-state index is -0.183. The quantitative estimate of drug-likeness (QED) is 0.919. The number of nitrogens with one attached hydrogen (secondary N) is 1. The summed E-state index contributed by atoms with van der Waals surface area (Å²) in [5.74, 6) is 0.371. The first-order valence-corrected chi connectivity index (χ1v) is 7.04. The Labute approximate surface area is 123 Å². The molecule has 1 heterocycles. The highest BCUT2D eigenvalue weighted by molar-refractivity contribution is 6.33. The fourth-order valence-corrected chi connectivity index (χ4v) is 2.08. The summed E-state index contributed by atoms with van der Waals surface area (Å²) < 4.78 is 1.55. The van der Waals surface area contributed by atoms with Crippen LogP contribution in [0.3, 0.4) is 0 Å². The molecule has 1 aromatic carbocycles. The molecule has 1 N–H and O–H groups in total. The van der Waals surface area contributed by atoms with Crippen molar-refractivity contribution < 1.29 is 4.79 Å². The Kier molecular flexibility index (Phi) is 4.79. The molecule has 0 spiro atoms. The van der Waals surface area contributed by atoms with Crippen LogP contribution in [0, 0.1) is 5.92 Å². The number of benzene rings is 1. The average molecular weight is 292 g/mol. The molecule has 0 aliphatic heterocycles. The number of para-hydroxylation sites is 1. The Morgan fingerprint density at radius 2 is 2.05 bits per heavy atom. The van der Waals surface area contributed by atoms with E-state index in [1.54, 1.807) is 4.68 Å². The highest BCUT2D eigenvalue weighted by atomic mass is 35.5. The van der Waals surface area contributed by atoms with Gasteiger partial charge in [-0.1, -0.05) is 43.6 Å². The van der Waals surface area contributed by atoms with E-state index in [2.05, 4.69) is 24.3 Å². The molecular formula is C15H18ClN3O. The van der Waals surface area contributed by atoms with Crippen molar-refractivity contribution in [2.75, 3.05) is 6.54 Å². The van der Waals surface area contributed by atoms with Crippen LogP contribution in [-0.4, -0.2) is 22.2 Å². The molecular weight excluding hydrogens is 274 g/mol. The van der Waals surface area contributed by atoms with Gasteiger partial charge in [0.15, 0.2) is 0 Å². The van der Waals surface area contributed by atoms with Crippen molar-refractivity contribution in [1.82, 2.24) is 15.1 Å². The molecule has 0 saturated carbocycles. The molecule has 4 nitrogen and oxygen atoms in total. The highest BCUT2D eigenvalue weighted by Crippen LogP contribution is 2.19. The lowest BCUT2D eigenvalue weighted by Gasteiger charge is -2.06. The average Bonchev–Trinajstić information content (AvgIpc) is 2.81. The lowest BCUT2D eigenvalue weighted by atomic mass is 10.1. The summed E-state index contributed by atoms with van der Waals surface area (Å²) in [4.78, 5) is 12.0. The van der Waals surface area contributed by atoms with Crippen LogP contribution in [0.1, 0.15) is 30.6 Å². The minimum Gasteiger partial charge on any atom is -0.352 e. The number of carbonyl (C=O) groups is 1. The van der Waals surface area contributed by atoms with Crippen LogP contribution in [0.15, 0.2) is 36.5 Å². The third kappa shape index (κ3) is 3.39. The molecule has 0 aliphatic rings. The summed E-state index contributed by atoms with van der Waals surface area (Å²) in [5.41, 5.74) is 1.23. The van der Waals surface area contributed by atoms with Crippen LogP contribution in [0.25, 0.3) is 5.69 Å². The molecule has 106 valence electrons. The number of hydrogen-bond acceptors (Lipinski definition) is 2. The SMILES string of the molecule is CC(C)CCNC(=O)c1cnn(-c2ccccc2)c1Cl. The van der Waals surface area contributed by atoms with Crippen molar-refractivity contribution in [2.24, 2.45) is 5.92 Å². The summed E-state index contributed by atoms with van der Waals surface area (Å²) in [6.45, 7) is 4.88. The zero-order chi connectivity index (χ0) is 14.5. The number of rotatable bonds is 5. The van der Waals surface area contributed by atoms with Crippen LogP contribution >= 0.6 is 11.6 Å². The van der Waals surface area contributed by atoms with E-state index in [9.17, 15) is 4.79 Å². The van der Waals surface area contributed by atoms with Gasteiger partial charge in [-0.25, -0.2) is 4.68 Å². The minimum absolute atomic E-state index is 0.183. The summed E-state index contributed by atoms with van der Waals surface area (Å²) in [5, 5.41) is 7.37. The molecule has 0 atom stereocenters. The fourth-order valence-electron chi connectivity index (χ4n) is 1.80. The molecule has 0 unspecified atom stereocenters. The third-order valence-electron chi connectivity index (χ3n) is 2.96. The Morgan fingerprint density at radius 1 is 1.35 bits per heavy atom. The topological polar surface area (TPSA) is 46.9 Å². The molecule has 1 amide bonds. The van der Waals surface area contributed by atoms with Gasteiger partial charge >= 0.3 is 0 Å².